The second-order valence-electron chi connectivity index (χ2n) is 4.65. The number of carboxylic acid groups (broad SMARTS) is 1. The van der Waals surface area contributed by atoms with Crippen molar-refractivity contribution in [3.63, 3.8) is 0 Å². The number of benzene rings is 1. The van der Waals surface area contributed by atoms with Crippen LogP contribution in [-0.2, 0) is 4.79 Å². The van der Waals surface area contributed by atoms with E-state index in [9.17, 15) is 14.0 Å². The van der Waals surface area contributed by atoms with Crippen LogP contribution >= 0.6 is 0 Å². The van der Waals surface area contributed by atoms with Gasteiger partial charge in [-0.15, -0.1) is 0 Å². The first-order valence-electron chi connectivity index (χ1n) is 5.89. The predicted molar refractivity (Wildman–Crippen MR) is 69.4 cm³/mol. The van der Waals surface area contributed by atoms with Crippen molar-refractivity contribution in [1.29, 1.82) is 0 Å². The van der Waals surface area contributed by atoms with Gasteiger partial charge in [0, 0.05) is 11.7 Å². The number of aliphatic carboxylic acids is 1. The Morgan fingerprint density at radius 2 is 2.05 bits per heavy atom. The Kier molecular flexibility index (Phi) is 4.86. The second kappa shape index (κ2) is 6.17. The number of hydrogen-bond acceptors (Lipinski definition) is 3. The van der Waals surface area contributed by atoms with E-state index in [1.807, 2.05) is 13.8 Å². The average molecular weight is 268 g/mol. The highest BCUT2D eigenvalue weighted by molar-refractivity contribution is 5.98. The Balaban J connectivity index is 3.02. The highest BCUT2D eigenvalue weighted by atomic mass is 19.1. The number of halogens is 1. The standard InChI is InChI=1S/C13H17FN2O3/c1-7(2)11(6-12(17)18)16-10-4-3-8(14)5-9(10)13(15)19/h3-5,7,11,16H,6H2,1-2H3,(H2,15,19)(H,17,18). The molecule has 104 valence electrons. The minimum absolute atomic E-state index is 0.0102. The molecule has 6 heteroatoms. The number of hydrogen-bond donors (Lipinski definition) is 3. The van der Waals surface area contributed by atoms with Crippen LogP contribution in [0.25, 0.3) is 0 Å². The molecule has 1 atom stereocenters. The summed E-state index contributed by atoms with van der Waals surface area (Å²) in [5.41, 5.74) is 5.53. The van der Waals surface area contributed by atoms with Crippen LogP contribution in [0.3, 0.4) is 0 Å². The molecular weight excluding hydrogens is 251 g/mol. The van der Waals surface area contributed by atoms with Crippen LogP contribution < -0.4 is 11.1 Å². The van der Waals surface area contributed by atoms with E-state index in [-0.39, 0.29) is 23.9 Å². The Morgan fingerprint density at radius 3 is 2.53 bits per heavy atom. The van der Waals surface area contributed by atoms with Crippen LogP contribution in [0.1, 0.15) is 30.6 Å². The maximum absolute atomic E-state index is 13.1. The maximum Gasteiger partial charge on any atom is 0.305 e. The zero-order chi connectivity index (χ0) is 14.6. The first-order chi connectivity index (χ1) is 8.81. The fraction of sp³-hybridized carbons (Fsp3) is 0.385. The van der Waals surface area contributed by atoms with E-state index in [0.29, 0.717) is 5.69 Å². The van der Waals surface area contributed by atoms with E-state index in [0.717, 1.165) is 6.07 Å². The van der Waals surface area contributed by atoms with E-state index in [2.05, 4.69) is 5.32 Å². The minimum atomic E-state index is -0.950. The topological polar surface area (TPSA) is 92.4 Å². The van der Waals surface area contributed by atoms with E-state index >= 15 is 0 Å². The molecule has 0 heterocycles. The van der Waals surface area contributed by atoms with Gasteiger partial charge in [0.2, 0.25) is 0 Å². The van der Waals surface area contributed by atoms with Gasteiger partial charge in [0.05, 0.1) is 12.0 Å². The molecule has 0 aliphatic heterocycles. The molecular formula is C13H17FN2O3. The number of carbonyl (C=O) groups excluding carboxylic acids is 1. The molecule has 0 saturated heterocycles. The Bertz CT molecular complexity index is 489. The first-order valence-corrected chi connectivity index (χ1v) is 5.89. The van der Waals surface area contributed by atoms with Crippen LogP contribution in [0.5, 0.6) is 0 Å². The van der Waals surface area contributed by atoms with Gasteiger partial charge in [0.25, 0.3) is 5.91 Å². The second-order valence-corrected chi connectivity index (χ2v) is 4.65. The molecule has 0 aromatic heterocycles. The number of amides is 1. The van der Waals surface area contributed by atoms with Gasteiger partial charge >= 0.3 is 5.97 Å². The molecule has 1 aromatic rings. The van der Waals surface area contributed by atoms with Crippen molar-refractivity contribution >= 4 is 17.6 Å². The fourth-order valence-electron chi connectivity index (χ4n) is 1.69. The normalized spacial score (nSPS) is 12.2. The SMILES string of the molecule is CC(C)C(CC(=O)O)Nc1ccc(F)cc1C(N)=O. The molecule has 0 bridgehead atoms. The van der Waals surface area contributed by atoms with Crippen LogP contribution in [0.2, 0.25) is 0 Å². The highest BCUT2D eigenvalue weighted by Crippen LogP contribution is 2.20. The first kappa shape index (κ1) is 14.9. The molecule has 0 fully saturated rings. The van der Waals surface area contributed by atoms with Gasteiger partial charge in [-0.1, -0.05) is 13.8 Å². The van der Waals surface area contributed by atoms with Crippen molar-refractivity contribution in [1.82, 2.24) is 0 Å². The number of primary amides is 1. The summed E-state index contributed by atoms with van der Waals surface area (Å²) in [5, 5.41) is 11.8. The third-order valence-corrected chi connectivity index (χ3v) is 2.79. The molecule has 1 rings (SSSR count). The van der Waals surface area contributed by atoms with E-state index in [4.69, 9.17) is 10.8 Å². The Labute approximate surface area is 110 Å². The molecule has 0 radical (unpaired) electrons. The number of carbonyl (C=O) groups is 2. The van der Waals surface area contributed by atoms with Crippen molar-refractivity contribution in [3.05, 3.63) is 29.6 Å². The number of carboxylic acids is 1. The largest absolute Gasteiger partial charge is 0.481 e. The summed E-state index contributed by atoms with van der Waals surface area (Å²) < 4.78 is 13.1. The molecule has 0 saturated carbocycles. The molecule has 0 aliphatic rings. The Morgan fingerprint density at radius 1 is 1.42 bits per heavy atom. The zero-order valence-corrected chi connectivity index (χ0v) is 10.8. The lowest BCUT2D eigenvalue weighted by atomic mass is 10.00. The fourth-order valence-corrected chi connectivity index (χ4v) is 1.69. The van der Waals surface area contributed by atoms with Gasteiger partial charge in [-0.05, 0) is 24.1 Å². The molecule has 0 aliphatic carbocycles. The minimum Gasteiger partial charge on any atom is -0.481 e. The van der Waals surface area contributed by atoms with Crippen LogP contribution in [0.15, 0.2) is 18.2 Å². The van der Waals surface area contributed by atoms with E-state index < -0.39 is 17.7 Å². The predicted octanol–water partition coefficient (Wildman–Crippen LogP) is 1.84. The van der Waals surface area contributed by atoms with Crippen molar-refractivity contribution in [2.75, 3.05) is 5.32 Å². The molecule has 4 N–H and O–H groups in total. The van der Waals surface area contributed by atoms with Gasteiger partial charge in [0.1, 0.15) is 5.82 Å². The highest BCUT2D eigenvalue weighted by Gasteiger charge is 2.19. The van der Waals surface area contributed by atoms with Crippen LogP contribution in [-0.4, -0.2) is 23.0 Å². The van der Waals surface area contributed by atoms with Crippen molar-refractivity contribution in [2.24, 2.45) is 11.7 Å². The van der Waals surface area contributed by atoms with E-state index in [1.54, 1.807) is 0 Å². The van der Waals surface area contributed by atoms with Crippen LogP contribution in [0, 0.1) is 11.7 Å². The number of rotatable bonds is 6. The lowest BCUT2D eigenvalue weighted by Gasteiger charge is -2.23. The quantitative estimate of drug-likeness (QED) is 0.734. The Hall–Kier alpha value is -2.11. The average Bonchev–Trinajstić information content (AvgIpc) is 2.29. The summed E-state index contributed by atoms with van der Waals surface area (Å²) in [6.07, 6.45) is -0.104. The summed E-state index contributed by atoms with van der Waals surface area (Å²) in [4.78, 5) is 22.0. The lowest BCUT2D eigenvalue weighted by molar-refractivity contribution is -0.137. The van der Waals surface area contributed by atoms with Crippen molar-refractivity contribution < 1.29 is 19.1 Å². The zero-order valence-electron chi connectivity index (χ0n) is 10.8. The molecule has 5 nitrogen and oxygen atoms in total. The van der Waals surface area contributed by atoms with Crippen molar-refractivity contribution in [3.8, 4) is 0 Å². The summed E-state index contributed by atoms with van der Waals surface area (Å²) in [6, 6.07) is 3.23. The smallest absolute Gasteiger partial charge is 0.305 e. The molecule has 1 unspecified atom stereocenters. The summed E-state index contributed by atoms with van der Waals surface area (Å²) in [7, 11) is 0. The monoisotopic (exact) mass is 268 g/mol. The van der Waals surface area contributed by atoms with Gasteiger partial charge in [-0.25, -0.2) is 4.39 Å². The maximum atomic E-state index is 13.1. The van der Waals surface area contributed by atoms with Gasteiger partial charge < -0.3 is 16.2 Å². The number of anilines is 1. The van der Waals surface area contributed by atoms with Gasteiger partial charge in [-0.2, -0.15) is 0 Å². The third-order valence-electron chi connectivity index (χ3n) is 2.79. The summed E-state index contributed by atoms with van der Waals surface area (Å²) >= 11 is 0. The summed E-state index contributed by atoms with van der Waals surface area (Å²) in [5.74, 6) is -2.26. The molecule has 1 amide bonds. The molecule has 0 spiro atoms. The third kappa shape index (κ3) is 4.24. The van der Waals surface area contributed by atoms with Gasteiger partial charge in [0.15, 0.2) is 0 Å². The lowest BCUT2D eigenvalue weighted by Crippen LogP contribution is -2.30. The number of nitrogens with one attached hydrogen (secondary N) is 1. The molecule has 19 heavy (non-hydrogen) atoms. The van der Waals surface area contributed by atoms with Crippen LogP contribution in [0.4, 0.5) is 10.1 Å². The van der Waals surface area contributed by atoms with E-state index in [1.165, 1.54) is 12.1 Å². The molecule has 1 aromatic carbocycles. The van der Waals surface area contributed by atoms with Gasteiger partial charge in [-0.3, -0.25) is 9.59 Å². The van der Waals surface area contributed by atoms with Crippen molar-refractivity contribution in [2.45, 2.75) is 26.3 Å². The number of nitrogens with two attached hydrogens (primary N) is 1. The summed E-state index contributed by atoms with van der Waals surface area (Å²) in [6.45, 7) is 3.71.